The fraction of sp³-hybridized carbons (Fsp3) is 0.316. The first-order chi connectivity index (χ1) is 10.0. The lowest BCUT2D eigenvalue weighted by molar-refractivity contribution is 0.103. The van der Waals surface area contributed by atoms with Crippen LogP contribution in [0.3, 0.4) is 0 Å². The van der Waals surface area contributed by atoms with Gasteiger partial charge in [0.2, 0.25) is 0 Å². The van der Waals surface area contributed by atoms with E-state index in [-0.39, 0.29) is 5.78 Å². The summed E-state index contributed by atoms with van der Waals surface area (Å²) in [6.45, 7) is 7.02. The monoisotopic (exact) mass is 281 g/mol. The van der Waals surface area contributed by atoms with Gasteiger partial charge in [0.15, 0.2) is 5.78 Å². The Bertz CT molecular complexity index is 659. The maximum atomic E-state index is 12.9. The molecule has 0 radical (unpaired) electrons. The molecule has 0 bridgehead atoms. The molecule has 0 unspecified atom stereocenters. The van der Waals surface area contributed by atoms with E-state index in [4.69, 9.17) is 0 Å². The second-order valence-electron chi connectivity index (χ2n) is 5.59. The topological polar surface area (TPSA) is 29.1 Å². The van der Waals surface area contributed by atoms with Gasteiger partial charge in [-0.25, -0.2) is 0 Å². The molecule has 2 aromatic rings. The Hall–Kier alpha value is -1.93. The minimum atomic E-state index is 0.127. The van der Waals surface area contributed by atoms with E-state index in [0.717, 1.165) is 40.8 Å². The molecule has 2 nitrogen and oxygen atoms in total. The highest BCUT2D eigenvalue weighted by molar-refractivity contribution is 6.11. The van der Waals surface area contributed by atoms with Crippen molar-refractivity contribution in [3.63, 3.8) is 0 Å². The summed E-state index contributed by atoms with van der Waals surface area (Å²) in [4.78, 5) is 12.9. The van der Waals surface area contributed by atoms with Gasteiger partial charge in [-0.15, -0.1) is 0 Å². The average molecular weight is 281 g/mol. The number of carbonyl (C=O) groups is 1. The molecule has 2 rings (SSSR count). The number of nitrogens with one attached hydrogen (secondary N) is 1. The molecule has 1 N–H and O–H groups in total. The van der Waals surface area contributed by atoms with Crippen LogP contribution in [0, 0.1) is 20.8 Å². The van der Waals surface area contributed by atoms with Gasteiger partial charge in [-0.1, -0.05) is 30.3 Å². The Balaban J connectivity index is 2.43. The van der Waals surface area contributed by atoms with Crippen LogP contribution in [-0.4, -0.2) is 19.4 Å². The largest absolute Gasteiger partial charge is 0.319 e. The maximum absolute atomic E-state index is 12.9. The second-order valence-corrected chi connectivity index (χ2v) is 5.59. The predicted octanol–water partition coefficient (Wildman–Crippen LogP) is 3.60. The highest BCUT2D eigenvalue weighted by Crippen LogP contribution is 2.21. The maximum Gasteiger partial charge on any atom is 0.193 e. The van der Waals surface area contributed by atoms with Gasteiger partial charge in [-0.2, -0.15) is 0 Å². The van der Waals surface area contributed by atoms with E-state index in [9.17, 15) is 4.79 Å². The van der Waals surface area contributed by atoms with Crippen LogP contribution in [0.1, 0.15) is 38.2 Å². The van der Waals surface area contributed by atoms with Crippen molar-refractivity contribution < 1.29 is 4.79 Å². The minimum absolute atomic E-state index is 0.127. The molecule has 2 aromatic carbocycles. The molecule has 0 amide bonds. The Morgan fingerprint density at radius 3 is 2.33 bits per heavy atom. The van der Waals surface area contributed by atoms with Crippen LogP contribution < -0.4 is 5.32 Å². The van der Waals surface area contributed by atoms with E-state index >= 15 is 0 Å². The highest BCUT2D eigenvalue weighted by atomic mass is 16.1. The number of benzene rings is 2. The zero-order chi connectivity index (χ0) is 15.4. The molecule has 0 spiro atoms. The van der Waals surface area contributed by atoms with E-state index in [0.29, 0.717) is 0 Å². The third kappa shape index (κ3) is 3.40. The van der Waals surface area contributed by atoms with Gasteiger partial charge < -0.3 is 5.32 Å². The SMILES string of the molecule is CNCCc1ccccc1C(=O)c1cc(C)c(C)cc1C. The van der Waals surface area contributed by atoms with E-state index < -0.39 is 0 Å². The Morgan fingerprint density at radius 2 is 1.62 bits per heavy atom. The molecule has 0 fully saturated rings. The number of hydrogen-bond acceptors (Lipinski definition) is 2. The van der Waals surface area contributed by atoms with Gasteiger partial charge in [0.25, 0.3) is 0 Å². The van der Waals surface area contributed by atoms with Crippen molar-refractivity contribution in [2.45, 2.75) is 27.2 Å². The Morgan fingerprint density at radius 1 is 0.952 bits per heavy atom. The molecule has 0 aromatic heterocycles. The lowest BCUT2D eigenvalue weighted by Crippen LogP contribution is -2.14. The predicted molar refractivity (Wildman–Crippen MR) is 88.2 cm³/mol. The molecule has 2 heteroatoms. The number of aryl methyl sites for hydroxylation is 3. The van der Waals surface area contributed by atoms with Crippen LogP contribution >= 0.6 is 0 Å². The summed E-state index contributed by atoms with van der Waals surface area (Å²) >= 11 is 0. The van der Waals surface area contributed by atoms with E-state index in [1.807, 2.05) is 44.3 Å². The highest BCUT2D eigenvalue weighted by Gasteiger charge is 2.15. The van der Waals surface area contributed by atoms with Crippen LogP contribution in [0.2, 0.25) is 0 Å². The van der Waals surface area contributed by atoms with E-state index in [1.165, 1.54) is 5.56 Å². The third-order valence-electron chi connectivity index (χ3n) is 3.99. The number of likely N-dealkylation sites (N-methyl/N-ethyl adjacent to an activating group) is 1. The number of hydrogen-bond donors (Lipinski definition) is 1. The van der Waals surface area contributed by atoms with Gasteiger partial charge in [0, 0.05) is 11.1 Å². The molecule has 0 aliphatic heterocycles. The van der Waals surface area contributed by atoms with Crippen LogP contribution in [0.4, 0.5) is 0 Å². The summed E-state index contributed by atoms with van der Waals surface area (Å²) < 4.78 is 0. The van der Waals surface area contributed by atoms with Crippen molar-refractivity contribution in [1.29, 1.82) is 0 Å². The van der Waals surface area contributed by atoms with Crippen molar-refractivity contribution in [3.8, 4) is 0 Å². The Kier molecular flexibility index (Phi) is 4.92. The van der Waals surface area contributed by atoms with Crippen molar-refractivity contribution in [2.24, 2.45) is 0 Å². The molecule has 0 saturated carbocycles. The number of rotatable bonds is 5. The number of carbonyl (C=O) groups excluding carboxylic acids is 1. The van der Waals surface area contributed by atoms with E-state index in [2.05, 4.69) is 25.2 Å². The van der Waals surface area contributed by atoms with Crippen molar-refractivity contribution in [2.75, 3.05) is 13.6 Å². The van der Waals surface area contributed by atoms with Crippen LogP contribution in [0.15, 0.2) is 36.4 Å². The average Bonchev–Trinajstić information content (AvgIpc) is 2.48. The van der Waals surface area contributed by atoms with Gasteiger partial charge in [0.1, 0.15) is 0 Å². The van der Waals surface area contributed by atoms with Gasteiger partial charge >= 0.3 is 0 Å². The van der Waals surface area contributed by atoms with Crippen LogP contribution in [0.5, 0.6) is 0 Å². The third-order valence-corrected chi connectivity index (χ3v) is 3.99. The summed E-state index contributed by atoms with van der Waals surface area (Å²) in [6, 6.07) is 12.0. The Labute approximate surface area is 127 Å². The summed E-state index contributed by atoms with van der Waals surface area (Å²) in [5.74, 6) is 0.127. The standard InChI is InChI=1S/C19H23NO/c1-13-11-15(3)18(12-14(13)2)19(21)17-8-6-5-7-16(17)9-10-20-4/h5-8,11-12,20H,9-10H2,1-4H3. The van der Waals surface area contributed by atoms with Crippen LogP contribution in [-0.2, 0) is 6.42 Å². The number of ketones is 1. The molecular weight excluding hydrogens is 258 g/mol. The first-order valence-corrected chi connectivity index (χ1v) is 7.39. The smallest absolute Gasteiger partial charge is 0.193 e. The summed E-state index contributed by atoms with van der Waals surface area (Å²) in [6.07, 6.45) is 0.863. The minimum Gasteiger partial charge on any atom is -0.319 e. The van der Waals surface area contributed by atoms with Gasteiger partial charge in [0.05, 0.1) is 0 Å². The second kappa shape index (κ2) is 6.68. The lowest BCUT2D eigenvalue weighted by Gasteiger charge is -2.12. The first-order valence-electron chi connectivity index (χ1n) is 7.39. The van der Waals surface area contributed by atoms with Crippen molar-refractivity contribution in [1.82, 2.24) is 5.32 Å². The van der Waals surface area contributed by atoms with Gasteiger partial charge in [-0.3, -0.25) is 4.79 Å². The lowest BCUT2D eigenvalue weighted by atomic mass is 9.92. The summed E-state index contributed by atoms with van der Waals surface area (Å²) in [7, 11) is 1.93. The van der Waals surface area contributed by atoms with Crippen LogP contribution in [0.25, 0.3) is 0 Å². The molecule has 0 aliphatic carbocycles. The zero-order valence-electron chi connectivity index (χ0n) is 13.3. The zero-order valence-corrected chi connectivity index (χ0v) is 13.3. The molecule has 21 heavy (non-hydrogen) atoms. The molecule has 0 saturated heterocycles. The molecule has 0 aliphatic rings. The molecule has 0 atom stereocenters. The molecule has 0 heterocycles. The fourth-order valence-corrected chi connectivity index (χ4v) is 2.57. The summed E-state index contributed by atoms with van der Waals surface area (Å²) in [5.41, 5.74) is 6.18. The van der Waals surface area contributed by atoms with Crippen molar-refractivity contribution in [3.05, 3.63) is 69.8 Å². The fourth-order valence-electron chi connectivity index (χ4n) is 2.57. The molecule has 110 valence electrons. The van der Waals surface area contributed by atoms with Gasteiger partial charge in [-0.05, 0) is 69.1 Å². The normalized spacial score (nSPS) is 10.7. The van der Waals surface area contributed by atoms with Crippen molar-refractivity contribution >= 4 is 5.78 Å². The molecular formula is C19H23NO. The first kappa shape index (κ1) is 15.5. The summed E-state index contributed by atoms with van der Waals surface area (Å²) in [5, 5.41) is 3.14. The quantitative estimate of drug-likeness (QED) is 0.848. The van der Waals surface area contributed by atoms with E-state index in [1.54, 1.807) is 0 Å².